The van der Waals surface area contributed by atoms with Crippen molar-refractivity contribution in [3.05, 3.63) is 30.1 Å². The Bertz CT molecular complexity index is 503. The monoisotopic (exact) mass is 264 g/mol. The van der Waals surface area contributed by atoms with Gasteiger partial charge in [-0.25, -0.2) is 9.82 Å². The van der Waals surface area contributed by atoms with E-state index in [-0.39, 0.29) is 18.3 Å². The maximum Gasteiger partial charge on any atom is 0.259 e. The molecule has 0 bridgehead atoms. The number of halogens is 1. The summed E-state index contributed by atoms with van der Waals surface area (Å²) in [6, 6.07) is 7.90. The van der Waals surface area contributed by atoms with Crippen LogP contribution in [-0.4, -0.2) is 25.2 Å². The van der Waals surface area contributed by atoms with Gasteiger partial charge in [0.1, 0.15) is 6.17 Å². The van der Waals surface area contributed by atoms with Gasteiger partial charge in [0.2, 0.25) is 0 Å². The van der Waals surface area contributed by atoms with Crippen LogP contribution in [0.5, 0.6) is 5.75 Å². The molecule has 6 nitrogen and oxygen atoms in total. The number of nitrogens with zero attached hydrogens (tertiary/aromatic N) is 1. The summed E-state index contributed by atoms with van der Waals surface area (Å²) in [4.78, 5) is 11.6. The molecule has 0 radical (unpaired) electrons. The second-order valence-corrected chi connectivity index (χ2v) is 4.03. The van der Waals surface area contributed by atoms with E-state index in [1.165, 1.54) is 18.2 Å². The summed E-state index contributed by atoms with van der Waals surface area (Å²) in [5, 5.41) is 11.4. The highest BCUT2D eigenvalue weighted by atomic mass is 19.1. The van der Waals surface area contributed by atoms with E-state index in [0.717, 1.165) is 0 Å². The van der Waals surface area contributed by atoms with E-state index in [9.17, 15) is 9.18 Å². The number of hydrazine groups is 1. The summed E-state index contributed by atoms with van der Waals surface area (Å²) in [6.45, 7) is 0.146. The fourth-order valence-electron chi connectivity index (χ4n) is 1.67. The Hall–Kier alpha value is -2.17. The molecule has 1 aromatic rings. The van der Waals surface area contributed by atoms with Crippen LogP contribution in [0.2, 0.25) is 0 Å². The molecule has 0 aliphatic carbocycles. The molecule has 2 atom stereocenters. The molecule has 100 valence electrons. The minimum atomic E-state index is -0.522. The molecule has 0 saturated carbocycles. The zero-order valence-electron chi connectivity index (χ0n) is 10.0. The molecule has 2 rings (SSSR count). The molecule has 1 aromatic carbocycles. The Balaban J connectivity index is 1.82. The van der Waals surface area contributed by atoms with Crippen molar-refractivity contribution in [3.8, 4) is 11.8 Å². The lowest BCUT2D eigenvalue weighted by Crippen LogP contribution is -2.48. The molecule has 1 saturated heterocycles. The molecule has 2 unspecified atom stereocenters. The van der Waals surface area contributed by atoms with Crippen molar-refractivity contribution in [1.82, 2.24) is 16.2 Å². The molecule has 7 heteroatoms. The van der Waals surface area contributed by atoms with Crippen molar-refractivity contribution >= 4 is 5.91 Å². The van der Waals surface area contributed by atoms with Crippen LogP contribution >= 0.6 is 0 Å². The average molecular weight is 264 g/mol. The van der Waals surface area contributed by atoms with E-state index in [4.69, 9.17) is 10.00 Å². The highest BCUT2D eigenvalue weighted by Gasteiger charge is 2.27. The zero-order chi connectivity index (χ0) is 13.7. The average Bonchev–Trinajstić information content (AvgIpc) is 2.85. The SMILES string of the molecule is N#CC1CNNC1NC(=O)COc1ccccc1F. The smallest absolute Gasteiger partial charge is 0.259 e. The Kier molecular flexibility index (Phi) is 4.28. The van der Waals surface area contributed by atoms with Gasteiger partial charge in [0.05, 0.1) is 12.0 Å². The van der Waals surface area contributed by atoms with Gasteiger partial charge < -0.3 is 10.1 Å². The second-order valence-electron chi connectivity index (χ2n) is 4.03. The highest BCUT2D eigenvalue weighted by Crippen LogP contribution is 2.15. The van der Waals surface area contributed by atoms with Crippen molar-refractivity contribution in [2.24, 2.45) is 5.92 Å². The van der Waals surface area contributed by atoms with Gasteiger partial charge in [-0.15, -0.1) is 0 Å². The first-order chi connectivity index (χ1) is 9.20. The number of ether oxygens (including phenoxy) is 1. The maximum atomic E-state index is 13.2. The van der Waals surface area contributed by atoms with E-state index in [2.05, 4.69) is 22.2 Å². The normalized spacial score (nSPS) is 21.7. The van der Waals surface area contributed by atoms with Gasteiger partial charge >= 0.3 is 0 Å². The van der Waals surface area contributed by atoms with Crippen LogP contribution in [0.4, 0.5) is 4.39 Å². The lowest BCUT2D eigenvalue weighted by atomic mass is 10.1. The Morgan fingerprint density at radius 2 is 2.37 bits per heavy atom. The number of para-hydroxylation sites is 1. The minimum Gasteiger partial charge on any atom is -0.481 e. The van der Waals surface area contributed by atoms with Crippen LogP contribution in [0, 0.1) is 23.1 Å². The molecule has 1 amide bonds. The Morgan fingerprint density at radius 3 is 3.11 bits per heavy atom. The molecule has 0 aromatic heterocycles. The number of nitriles is 1. The van der Waals surface area contributed by atoms with Gasteiger partial charge in [-0.3, -0.25) is 10.2 Å². The molecule has 0 spiro atoms. The summed E-state index contributed by atoms with van der Waals surface area (Å²) in [5.74, 6) is -1.28. The molecular formula is C12H13FN4O2. The van der Waals surface area contributed by atoms with E-state index in [0.29, 0.717) is 6.54 Å². The largest absolute Gasteiger partial charge is 0.481 e. The Labute approximate surface area is 109 Å². The number of nitrogens with one attached hydrogen (secondary N) is 3. The topological polar surface area (TPSA) is 86.2 Å². The van der Waals surface area contributed by atoms with E-state index < -0.39 is 17.9 Å². The number of rotatable bonds is 4. The zero-order valence-corrected chi connectivity index (χ0v) is 10.0. The van der Waals surface area contributed by atoms with Gasteiger partial charge in [-0.1, -0.05) is 12.1 Å². The first-order valence-electron chi connectivity index (χ1n) is 5.75. The third kappa shape index (κ3) is 3.40. The van der Waals surface area contributed by atoms with Crippen molar-refractivity contribution in [3.63, 3.8) is 0 Å². The molecule has 1 heterocycles. The van der Waals surface area contributed by atoms with Gasteiger partial charge in [0, 0.05) is 6.54 Å². The standard InChI is InChI=1S/C12H13FN4O2/c13-9-3-1-2-4-10(9)19-7-11(18)16-12-8(5-14)6-15-17-12/h1-4,8,12,15,17H,6-7H2,(H,16,18). The highest BCUT2D eigenvalue weighted by molar-refractivity contribution is 5.77. The molecule has 1 aliphatic rings. The molecule has 19 heavy (non-hydrogen) atoms. The van der Waals surface area contributed by atoms with E-state index in [1.54, 1.807) is 6.07 Å². The van der Waals surface area contributed by atoms with E-state index >= 15 is 0 Å². The summed E-state index contributed by atoms with van der Waals surface area (Å²) in [5.41, 5.74) is 5.54. The van der Waals surface area contributed by atoms with Crippen LogP contribution in [0.3, 0.4) is 0 Å². The second kappa shape index (κ2) is 6.13. The van der Waals surface area contributed by atoms with Crippen LogP contribution in [0.15, 0.2) is 24.3 Å². The van der Waals surface area contributed by atoms with Gasteiger partial charge in [0.25, 0.3) is 5.91 Å². The third-order valence-corrected chi connectivity index (χ3v) is 2.66. The summed E-state index contributed by atoms with van der Waals surface area (Å²) >= 11 is 0. The van der Waals surface area contributed by atoms with Gasteiger partial charge in [-0.2, -0.15) is 5.26 Å². The first-order valence-corrected chi connectivity index (χ1v) is 5.75. The van der Waals surface area contributed by atoms with Crippen LogP contribution in [0.1, 0.15) is 0 Å². The number of carbonyl (C=O) groups excluding carboxylic acids is 1. The van der Waals surface area contributed by atoms with Crippen LogP contribution in [0.25, 0.3) is 0 Å². The first kappa shape index (κ1) is 13.3. The van der Waals surface area contributed by atoms with Crippen molar-refractivity contribution in [1.29, 1.82) is 5.26 Å². The quantitative estimate of drug-likeness (QED) is 0.706. The summed E-state index contributed by atoms with van der Waals surface area (Å²) in [6.07, 6.45) is -0.471. The number of hydrogen-bond acceptors (Lipinski definition) is 5. The summed E-state index contributed by atoms with van der Waals surface area (Å²) in [7, 11) is 0. The molecule has 1 aliphatic heterocycles. The van der Waals surface area contributed by atoms with Crippen molar-refractivity contribution in [2.75, 3.05) is 13.2 Å². The van der Waals surface area contributed by atoms with Crippen molar-refractivity contribution in [2.45, 2.75) is 6.17 Å². The predicted molar refractivity (Wildman–Crippen MR) is 64.1 cm³/mol. The Morgan fingerprint density at radius 1 is 1.58 bits per heavy atom. The number of amides is 1. The van der Waals surface area contributed by atoms with Crippen molar-refractivity contribution < 1.29 is 13.9 Å². The van der Waals surface area contributed by atoms with Crippen LogP contribution in [-0.2, 0) is 4.79 Å². The van der Waals surface area contributed by atoms with E-state index in [1.807, 2.05) is 0 Å². The molecule has 1 fully saturated rings. The predicted octanol–water partition coefficient (Wildman–Crippen LogP) is -0.106. The van der Waals surface area contributed by atoms with Crippen LogP contribution < -0.4 is 20.9 Å². The molecular weight excluding hydrogens is 251 g/mol. The fraction of sp³-hybridized carbons (Fsp3) is 0.333. The third-order valence-electron chi connectivity index (χ3n) is 2.66. The minimum absolute atomic E-state index is 0.0204. The number of hydrogen-bond donors (Lipinski definition) is 3. The maximum absolute atomic E-state index is 13.2. The lowest BCUT2D eigenvalue weighted by molar-refractivity contribution is -0.124. The molecule has 3 N–H and O–H groups in total. The summed E-state index contributed by atoms with van der Waals surface area (Å²) < 4.78 is 18.3. The van der Waals surface area contributed by atoms with Gasteiger partial charge in [-0.05, 0) is 12.1 Å². The lowest BCUT2D eigenvalue weighted by Gasteiger charge is -2.15. The van der Waals surface area contributed by atoms with Gasteiger partial charge in [0.15, 0.2) is 18.2 Å². The number of benzene rings is 1. The fourth-order valence-corrected chi connectivity index (χ4v) is 1.67. The number of carbonyl (C=O) groups is 1.